The normalized spacial score (nSPS) is 10.6. The minimum Gasteiger partial charge on any atom is -0.499 e. The van der Waals surface area contributed by atoms with E-state index in [1.54, 1.807) is 0 Å². The second kappa shape index (κ2) is 19.6. The van der Waals surface area contributed by atoms with Crippen molar-refractivity contribution >= 4 is 5.97 Å². The summed E-state index contributed by atoms with van der Waals surface area (Å²) in [6.07, 6.45) is 12.4. The van der Waals surface area contributed by atoms with Crippen LogP contribution in [0.15, 0.2) is 60.9 Å². The number of hydrogen-bond acceptors (Lipinski definition) is 2. The SMILES string of the molecule is C=C(CCCCCc1ccc(CC)cc1)OCC.CC(C)Cc1ccc(CCCCCC(=O)O)cc1. The van der Waals surface area contributed by atoms with Crippen LogP contribution >= 0.6 is 0 Å². The summed E-state index contributed by atoms with van der Waals surface area (Å²) in [5.41, 5.74) is 5.64. The molecule has 1 N–H and O–H groups in total. The van der Waals surface area contributed by atoms with E-state index >= 15 is 0 Å². The van der Waals surface area contributed by atoms with Gasteiger partial charge in [0.1, 0.15) is 0 Å². The van der Waals surface area contributed by atoms with Gasteiger partial charge in [-0.05, 0) is 86.5 Å². The summed E-state index contributed by atoms with van der Waals surface area (Å²) in [6.45, 7) is 13.3. The highest BCUT2D eigenvalue weighted by atomic mass is 16.5. The number of unbranched alkanes of at least 4 members (excludes halogenated alkanes) is 4. The minimum absolute atomic E-state index is 0.299. The van der Waals surface area contributed by atoms with E-state index in [4.69, 9.17) is 9.84 Å². The highest BCUT2D eigenvalue weighted by Crippen LogP contribution is 2.14. The van der Waals surface area contributed by atoms with Crippen molar-refractivity contribution < 1.29 is 14.6 Å². The monoisotopic (exact) mass is 494 g/mol. The molecule has 0 saturated heterocycles. The highest BCUT2D eigenvalue weighted by molar-refractivity contribution is 5.66. The Kier molecular flexibility index (Phi) is 17.2. The van der Waals surface area contributed by atoms with Gasteiger partial charge >= 0.3 is 5.97 Å². The van der Waals surface area contributed by atoms with Crippen molar-refractivity contribution in [3.8, 4) is 0 Å². The first kappa shape index (κ1) is 31.5. The molecule has 0 fully saturated rings. The van der Waals surface area contributed by atoms with Gasteiger partial charge in [0, 0.05) is 12.8 Å². The molecule has 3 nitrogen and oxygen atoms in total. The number of ether oxygens (including phenoxy) is 1. The molecule has 0 aliphatic rings. The molecule has 0 aromatic heterocycles. The Hall–Kier alpha value is -2.55. The maximum absolute atomic E-state index is 10.4. The molecule has 0 amide bonds. The molecular formula is C33H50O3. The molecule has 0 spiro atoms. The summed E-state index contributed by atoms with van der Waals surface area (Å²) < 4.78 is 5.34. The van der Waals surface area contributed by atoms with E-state index in [1.165, 1.54) is 47.9 Å². The van der Waals surface area contributed by atoms with E-state index in [2.05, 4.69) is 75.9 Å². The quantitative estimate of drug-likeness (QED) is 0.176. The van der Waals surface area contributed by atoms with E-state index < -0.39 is 5.97 Å². The fourth-order valence-electron chi connectivity index (χ4n) is 4.14. The van der Waals surface area contributed by atoms with Gasteiger partial charge in [0.05, 0.1) is 12.4 Å². The summed E-state index contributed by atoms with van der Waals surface area (Å²) in [5.74, 6) is 0.949. The summed E-state index contributed by atoms with van der Waals surface area (Å²) in [7, 11) is 0. The Morgan fingerprint density at radius 2 is 1.22 bits per heavy atom. The maximum Gasteiger partial charge on any atom is 0.303 e. The lowest BCUT2D eigenvalue weighted by molar-refractivity contribution is -0.137. The number of carboxylic acid groups (broad SMARTS) is 1. The number of aryl methyl sites for hydroxylation is 3. The van der Waals surface area contributed by atoms with Crippen LogP contribution in [-0.2, 0) is 35.2 Å². The van der Waals surface area contributed by atoms with Gasteiger partial charge in [0.15, 0.2) is 0 Å². The first-order valence-corrected chi connectivity index (χ1v) is 14.0. The number of rotatable bonds is 17. The average Bonchev–Trinajstić information content (AvgIpc) is 2.85. The third kappa shape index (κ3) is 16.2. The summed E-state index contributed by atoms with van der Waals surface area (Å²) in [5, 5.41) is 8.53. The second-order valence-electron chi connectivity index (χ2n) is 10.1. The predicted molar refractivity (Wildman–Crippen MR) is 154 cm³/mol. The van der Waals surface area contributed by atoms with Crippen molar-refractivity contribution in [2.45, 2.75) is 105 Å². The van der Waals surface area contributed by atoms with Crippen molar-refractivity contribution in [3.05, 3.63) is 83.1 Å². The van der Waals surface area contributed by atoms with Crippen LogP contribution in [-0.4, -0.2) is 17.7 Å². The first-order chi connectivity index (χ1) is 17.3. The molecule has 0 saturated carbocycles. The molecule has 2 rings (SSSR count). The molecule has 0 aliphatic carbocycles. The van der Waals surface area contributed by atoms with Gasteiger partial charge in [-0.25, -0.2) is 0 Å². The van der Waals surface area contributed by atoms with Crippen molar-refractivity contribution in [2.75, 3.05) is 6.61 Å². The molecule has 0 aliphatic heterocycles. The number of aliphatic carboxylic acids is 1. The van der Waals surface area contributed by atoms with Gasteiger partial charge in [0.2, 0.25) is 0 Å². The van der Waals surface area contributed by atoms with Crippen molar-refractivity contribution in [2.24, 2.45) is 5.92 Å². The van der Waals surface area contributed by atoms with Crippen LogP contribution in [0.2, 0.25) is 0 Å². The van der Waals surface area contributed by atoms with E-state index in [0.717, 1.165) is 57.3 Å². The Labute approximate surface area is 221 Å². The van der Waals surface area contributed by atoms with Gasteiger partial charge in [-0.2, -0.15) is 0 Å². The van der Waals surface area contributed by atoms with Crippen LogP contribution in [0.1, 0.15) is 101 Å². The molecule has 0 heterocycles. The van der Waals surface area contributed by atoms with Gasteiger partial charge in [0.25, 0.3) is 0 Å². The average molecular weight is 495 g/mol. The van der Waals surface area contributed by atoms with Gasteiger partial charge in [-0.1, -0.05) is 88.7 Å². The van der Waals surface area contributed by atoms with Crippen LogP contribution in [0.4, 0.5) is 0 Å². The smallest absolute Gasteiger partial charge is 0.303 e. The lowest BCUT2D eigenvalue weighted by Gasteiger charge is -2.06. The summed E-state index contributed by atoms with van der Waals surface area (Å²) in [4.78, 5) is 10.4. The number of hydrogen-bond donors (Lipinski definition) is 1. The van der Waals surface area contributed by atoms with Crippen LogP contribution in [0.3, 0.4) is 0 Å². The van der Waals surface area contributed by atoms with Gasteiger partial charge < -0.3 is 9.84 Å². The van der Waals surface area contributed by atoms with E-state index in [-0.39, 0.29) is 0 Å². The molecule has 36 heavy (non-hydrogen) atoms. The maximum atomic E-state index is 10.4. The van der Waals surface area contributed by atoms with E-state index in [1.807, 2.05) is 6.92 Å². The molecule has 0 radical (unpaired) electrons. The highest BCUT2D eigenvalue weighted by Gasteiger charge is 2.00. The molecule has 200 valence electrons. The van der Waals surface area contributed by atoms with Crippen molar-refractivity contribution in [1.29, 1.82) is 0 Å². The number of allylic oxidation sites excluding steroid dienone is 1. The third-order valence-electron chi connectivity index (χ3n) is 6.22. The number of benzene rings is 2. The lowest BCUT2D eigenvalue weighted by atomic mass is 10.00. The fraction of sp³-hybridized carbons (Fsp3) is 0.545. The Balaban J connectivity index is 0.000000360. The Bertz CT molecular complexity index is 834. The van der Waals surface area contributed by atoms with Crippen molar-refractivity contribution in [1.82, 2.24) is 0 Å². The zero-order valence-electron chi connectivity index (χ0n) is 23.4. The van der Waals surface area contributed by atoms with Crippen LogP contribution in [0.25, 0.3) is 0 Å². The zero-order chi connectivity index (χ0) is 26.6. The molecule has 2 aromatic carbocycles. The molecule has 0 atom stereocenters. The Morgan fingerprint density at radius 1 is 0.750 bits per heavy atom. The minimum atomic E-state index is -0.687. The van der Waals surface area contributed by atoms with Gasteiger partial charge in [-0.15, -0.1) is 0 Å². The van der Waals surface area contributed by atoms with Crippen LogP contribution in [0, 0.1) is 5.92 Å². The second-order valence-corrected chi connectivity index (χ2v) is 10.1. The standard InChI is InChI=1S/C17H26O.C16H24O2/c1-4-16-11-13-17(14-12-16)10-8-6-7-9-15(3)18-5-2;1-13(2)12-15-10-8-14(9-11-15)6-4-3-5-7-16(17)18/h11-14H,3-10H2,1-2H3;8-11,13H,3-7,12H2,1-2H3,(H,17,18). The third-order valence-corrected chi connectivity index (χ3v) is 6.22. The van der Waals surface area contributed by atoms with E-state index in [0.29, 0.717) is 12.3 Å². The number of carboxylic acids is 1. The van der Waals surface area contributed by atoms with Gasteiger partial charge in [-0.3, -0.25) is 4.79 Å². The predicted octanol–water partition coefficient (Wildman–Crippen LogP) is 8.97. The largest absolute Gasteiger partial charge is 0.499 e. The van der Waals surface area contributed by atoms with Crippen molar-refractivity contribution in [3.63, 3.8) is 0 Å². The zero-order valence-corrected chi connectivity index (χ0v) is 23.4. The summed E-state index contributed by atoms with van der Waals surface area (Å²) in [6, 6.07) is 17.8. The van der Waals surface area contributed by atoms with Crippen LogP contribution < -0.4 is 0 Å². The number of carbonyl (C=O) groups is 1. The molecule has 3 heteroatoms. The topological polar surface area (TPSA) is 46.5 Å². The molecule has 0 bridgehead atoms. The molecular weight excluding hydrogens is 444 g/mol. The van der Waals surface area contributed by atoms with E-state index in [9.17, 15) is 4.79 Å². The fourth-order valence-corrected chi connectivity index (χ4v) is 4.14. The summed E-state index contributed by atoms with van der Waals surface area (Å²) >= 11 is 0. The Morgan fingerprint density at radius 3 is 1.67 bits per heavy atom. The molecule has 0 unspecified atom stereocenters. The first-order valence-electron chi connectivity index (χ1n) is 14.0. The molecule has 2 aromatic rings. The van der Waals surface area contributed by atoms with Crippen LogP contribution in [0.5, 0.6) is 0 Å². The lowest BCUT2D eigenvalue weighted by Crippen LogP contribution is -1.95.